The van der Waals surface area contributed by atoms with Crippen LogP contribution in [-0.4, -0.2) is 57.0 Å². The number of esters is 2. The van der Waals surface area contributed by atoms with Crippen LogP contribution in [0.5, 0.6) is 0 Å². The number of amides is 2. The molecule has 0 radical (unpaired) electrons. The van der Waals surface area contributed by atoms with Crippen LogP contribution >= 0.6 is 23.1 Å². The summed E-state index contributed by atoms with van der Waals surface area (Å²) >= 11 is 2.14. The summed E-state index contributed by atoms with van der Waals surface area (Å²) in [6, 6.07) is 13.1. The monoisotopic (exact) mass is 639 g/mol. The van der Waals surface area contributed by atoms with Crippen molar-refractivity contribution >= 4 is 51.9 Å². The van der Waals surface area contributed by atoms with E-state index in [-0.39, 0.29) is 46.9 Å². The Labute approximate surface area is 262 Å². The zero-order valence-electron chi connectivity index (χ0n) is 24.7. The Balaban J connectivity index is 1.53. The summed E-state index contributed by atoms with van der Waals surface area (Å²) < 4.78 is 17.3. The van der Waals surface area contributed by atoms with Crippen molar-refractivity contribution in [3.05, 3.63) is 81.9 Å². The van der Waals surface area contributed by atoms with Crippen molar-refractivity contribution in [1.82, 2.24) is 20.1 Å². The van der Waals surface area contributed by atoms with Crippen LogP contribution < -0.4 is 10.6 Å². The third kappa shape index (κ3) is 7.94. The first-order chi connectivity index (χ1) is 21.2. The summed E-state index contributed by atoms with van der Waals surface area (Å²) in [5.74, 6) is -1.34. The van der Waals surface area contributed by atoms with Gasteiger partial charge in [0, 0.05) is 6.54 Å². The maximum Gasteiger partial charge on any atom is 0.348 e. The van der Waals surface area contributed by atoms with E-state index in [0.29, 0.717) is 29.5 Å². The number of thioether (sulfide) groups is 1. The fraction of sp³-hybridized carbons (Fsp3) is 0.333. The van der Waals surface area contributed by atoms with E-state index in [4.69, 9.17) is 13.9 Å². The Morgan fingerprint density at radius 1 is 1.02 bits per heavy atom. The average molecular weight is 640 g/mol. The van der Waals surface area contributed by atoms with Crippen LogP contribution in [0.4, 0.5) is 5.00 Å². The molecule has 232 valence electrons. The first-order valence-electron chi connectivity index (χ1n) is 14.0. The van der Waals surface area contributed by atoms with Gasteiger partial charge in [-0.05, 0) is 57.4 Å². The molecule has 0 fully saturated rings. The second-order valence-electron chi connectivity index (χ2n) is 9.40. The van der Waals surface area contributed by atoms with Crippen molar-refractivity contribution in [3.63, 3.8) is 0 Å². The van der Waals surface area contributed by atoms with Crippen molar-refractivity contribution in [2.24, 2.45) is 0 Å². The van der Waals surface area contributed by atoms with Crippen LogP contribution in [0.15, 0.2) is 58.3 Å². The van der Waals surface area contributed by atoms with E-state index in [9.17, 15) is 19.2 Å². The second kappa shape index (κ2) is 15.3. The van der Waals surface area contributed by atoms with E-state index >= 15 is 0 Å². The van der Waals surface area contributed by atoms with Gasteiger partial charge >= 0.3 is 11.9 Å². The number of furan rings is 1. The summed E-state index contributed by atoms with van der Waals surface area (Å²) in [7, 11) is 0. The fourth-order valence-corrected chi connectivity index (χ4v) is 6.15. The lowest BCUT2D eigenvalue weighted by atomic mass is 10.1. The second-order valence-corrected chi connectivity index (χ2v) is 11.7. The molecule has 12 nitrogen and oxygen atoms in total. The molecule has 1 unspecified atom stereocenters. The van der Waals surface area contributed by atoms with E-state index in [1.807, 2.05) is 34.9 Å². The molecule has 4 rings (SSSR count). The number of benzene rings is 1. The number of carbonyl (C=O) groups is 4. The minimum atomic E-state index is -0.677. The van der Waals surface area contributed by atoms with Crippen molar-refractivity contribution < 1.29 is 33.1 Å². The predicted molar refractivity (Wildman–Crippen MR) is 165 cm³/mol. The van der Waals surface area contributed by atoms with Gasteiger partial charge in [0.15, 0.2) is 16.7 Å². The molecule has 3 aromatic heterocycles. The highest BCUT2D eigenvalue weighted by molar-refractivity contribution is 8.00. The van der Waals surface area contributed by atoms with E-state index < -0.39 is 23.1 Å². The molecule has 0 aliphatic carbocycles. The Morgan fingerprint density at radius 3 is 2.43 bits per heavy atom. The maximum absolute atomic E-state index is 13.4. The molecule has 0 saturated carbocycles. The van der Waals surface area contributed by atoms with Crippen LogP contribution in [0.25, 0.3) is 0 Å². The molecule has 1 aromatic carbocycles. The molecule has 4 aromatic rings. The molecule has 0 bridgehead atoms. The van der Waals surface area contributed by atoms with Gasteiger partial charge in [-0.25, -0.2) is 9.59 Å². The van der Waals surface area contributed by atoms with Crippen molar-refractivity contribution in [1.29, 1.82) is 0 Å². The fourth-order valence-electron chi connectivity index (χ4n) is 4.17. The van der Waals surface area contributed by atoms with Gasteiger partial charge < -0.3 is 29.1 Å². The van der Waals surface area contributed by atoms with Crippen LogP contribution in [0.3, 0.4) is 0 Å². The lowest BCUT2D eigenvalue weighted by Gasteiger charge is -2.14. The lowest BCUT2D eigenvalue weighted by molar-refractivity contribution is -0.115. The molecule has 1 atom stereocenters. The first-order valence-corrected chi connectivity index (χ1v) is 15.7. The lowest BCUT2D eigenvalue weighted by Crippen LogP contribution is -2.25. The van der Waals surface area contributed by atoms with Crippen LogP contribution in [0, 0.1) is 6.92 Å². The van der Waals surface area contributed by atoms with Gasteiger partial charge in [0.05, 0.1) is 36.8 Å². The molecule has 44 heavy (non-hydrogen) atoms. The summed E-state index contributed by atoms with van der Waals surface area (Å²) in [6.45, 7) is 7.57. The Bertz CT molecular complexity index is 1600. The molecule has 0 spiro atoms. The van der Waals surface area contributed by atoms with Gasteiger partial charge in [-0.15, -0.1) is 21.5 Å². The number of thiophene rings is 1. The highest BCUT2D eigenvalue weighted by Crippen LogP contribution is 2.35. The maximum atomic E-state index is 13.4. The Hall–Kier alpha value is -4.43. The SMILES string of the molecule is CCOC(=O)c1sc(NC(=O)C(C)Sc2nnc(CNC(=O)c3ccco3)n2CCc2ccccc2)c(C(=O)OCC)c1C. The number of nitrogens with one attached hydrogen (secondary N) is 2. The van der Waals surface area contributed by atoms with Crippen molar-refractivity contribution in [2.45, 2.75) is 57.6 Å². The van der Waals surface area contributed by atoms with E-state index in [1.54, 1.807) is 39.8 Å². The molecular formula is C30H33N5O7S2. The number of aromatic nitrogens is 3. The Morgan fingerprint density at radius 2 is 1.75 bits per heavy atom. The Kier molecular flexibility index (Phi) is 11.3. The largest absolute Gasteiger partial charge is 0.462 e. The van der Waals surface area contributed by atoms with Gasteiger partial charge in [0.1, 0.15) is 9.88 Å². The van der Waals surface area contributed by atoms with E-state index in [2.05, 4.69) is 20.8 Å². The topological polar surface area (TPSA) is 155 Å². The van der Waals surface area contributed by atoms with Crippen LogP contribution in [0.2, 0.25) is 0 Å². The quantitative estimate of drug-likeness (QED) is 0.144. The summed E-state index contributed by atoms with van der Waals surface area (Å²) in [5.41, 5.74) is 1.60. The number of nitrogens with zero attached hydrogens (tertiary/aromatic N) is 3. The number of rotatable bonds is 14. The average Bonchev–Trinajstić information content (AvgIpc) is 3.75. The van der Waals surface area contributed by atoms with Crippen molar-refractivity contribution in [3.8, 4) is 0 Å². The zero-order chi connectivity index (χ0) is 31.6. The number of anilines is 1. The predicted octanol–water partition coefficient (Wildman–Crippen LogP) is 4.89. The van der Waals surface area contributed by atoms with E-state index in [1.165, 1.54) is 18.0 Å². The molecule has 0 saturated heterocycles. The zero-order valence-corrected chi connectivity index (χ0v) is 26.4. The first kappa shape index (κ1) is 32.5. The van der Waals surface area contributed by atoms with Gasteiger partial charge in [-0.3, -0.25) is 9.59 Å². The molecule has 2 amide bonds. The number of hydrogen-bond acceptors (Lipinski definition) is 11. The number of ether oxygens (including phenoxy) is 2. The molecular weight excluding hydrogens is 606 g/mol. The third-order valence-electron chi connectivity index (χ3n) is 6.39. The third-order valence-corrected chi connectivity index (χ3v) is 8.66. The molecule has 0 aliphatic heterocycles. The van der Waals surface area contributed by atoms with Crippen molar-refractivity contribution in [2.75, 3.05) is 18.5 Å². The highest BCUT2D eigenvalue weighted by Gasteiger charge is 2.29. The highest BCUT2D eigenvalue weighted by atomic mass is 32.2. The summed E-state index contributed by atoms with van der Waals surface area (Å²) in [6.07, 6.45) is 2.09. The van der Waals surface area contributed by atoms with E-state index in [0.717, 1.165) is 16.9 Å². The molecule has 14 heteroatoms. The minimum absolute atomic E-state index is 0.0937. The standard InChI is InChI=1S/C30H33N5O7S2/c1-5-40-28(38)23-18(3)24(29(39)41-6-2)44-27(23)32-25(36)19(4)43-30-34-33-22(17-31-26(37)21-13-10-16-42-21)35(30)15-14-20-11-8-7-9-12-20/h7-13,16,19H,5-6,14-15,17H2,1-4H3,(H,31,37)(H,32,36). The number of aryl methyl sites for hydroxylation is 1. The smallest absolute Gasteiger partial charge is 0.348 e. The number of carbonyl (C=O) groups excluding carboxylic acids is 4. The molecule has 3 heterocycles. The van der Waals surface area contributed by atoms with Gasteiger partial charge in [-0.2, -0.15) is 0 Å². The van der Waals surface area contributed by atoms with Gasteiger partial charge in [-0.1, -0.05) is 42.1 Å². The van der Waals surface area contributed by atoms with Gasteiger partial charge in [0.25, 0.3) is 5.91 Å². The molecule has 0 aliphatic rings. The minimum Gasteiger partial charge on any atom is -0.462 e. The molecule has 2 N–H and O–H groups in total. The van der Waals surface area contributed by atoms with Crippen LogP contribution in [-0.2, 0) is 33.8 Å². The summed E-state index contributed by atoms with van der Waals surface area (Å²) in [5, 5.41) is 14.2. The summed E-state index contributed by atoms with van der Waals surface area (Å²) in [4.78, 5) is 51.3. The number of hydrogen-bond donors (Lipinski definition) is 2. The van der Waals surface area contributed by atoms with Crippen LogP contribution in [0.1, 0.15) is 68.3 Å². The normalized spacial score (nSPS) is 11.5. The van der Waals surface area contributed by atoms with Gasteiger partial charge in [0.2, 0.25) is 5.91 Å².